The zero-order chi connectivity index (χ0) is 13.2. The summed E-state index contributed by atoms with van der Waals surface area (Å²) in [6.45, 7) is 0. The Kier molecular flexibility index (Phi) is 3.20. The van der Waals surface area contributed by atoms with Crippen LogP contribution in [0.25, 0.3) is 11.0 Å². The Morgan fingerprint density at radius 3 is 2.84 bits per heavy atom. The van der Waals surface area contributed by atoms with Gasteiger partial charge in [-0.25, -0.2) is 4.98 Å². The number of carbonyl (C=O) groups excluding carboxylic acids is 1. The number of anilines is 1. The Balaban J connectivity index is 1.90. The van der Waals surface area contributed by atoms with Crippen LogP contribution in [-0.2, 0) is 0 Å². The zero-order valence-corrected chi connectivity index (χ0v) is 11.9. The molecule has 0 fully saturated rings. The van der Waals surface area contributed by atoms with E-state index in [2.05, 4.69) is 32.9 Å². The van der Waals surface area contributed by atoms with E-state index in [0.29, 0.717) is 17.0 Å². The third-order valence-electron chi connectivity index (χ3n) is 2.69. The summed E-state index contributed by atoms with van der Waals surface area (Å²) in [5, 5.41) is 3.55. The number of benzene rings is 1. The van der Waals surface area contributed by atoms with Crippen LogP contribution in [0, 0.1) is 3.57 Å². The summed E-state index contributed by atoms with van der Waals surface area (Å²) < 4.78 is 6.36. The molecule has 0 aliphatic rings. The number of rotatable bonds is 2. The maximum Gasteiger partial charge on any atom is 0.260 e. The highest BCUT2D eigenvalue weighted by Crippen LogP contribution is 2.21. The highest BCUT2D eigenvalue weighted by atomic mass is 127. The summed E-state index contributed by atoms with van der Waals surface area (Å²) in [4.78, 5) is 16.3. The van der Waals surface area contributed by atoms with Crippen molar-refractivity contribution in [2.24, 2.45) is 0 Å². The number of halogens is 1. The summed E-state index contributed by atoms with van der Waals surface area (Å²) in [6.07, 6.45) is 3.16. The predicted octanol–water partition coefficient (Wildman–Crippen LogP) is 3.68. The fraction of sp³-hybridized carbons (Fsp3) is 0. The molecule has 1 N–H and O–H groups in total. The van der Waals surface area contributed by atoms with Gasteiger partial charge in [-0.2, -0.15) is 0 Å². The lowest BCUT2D eigenvalue weighted by molar-refractivity contribution is 0.102. The molecule has 0 saturated carbocycles. The van der Waals surface area contributed by atoms with E-state index < -0.39 is 0 Å². The maximum atomic E-state index is 12.2. The van der Waals surface area contributed by atoms with Crippen molar-refractivity contribution in [1.82, 2.24) is 4.98 Å². The molecule has 0 spiro atoms. The Bertz CT molecular complexity index is 735. The smallest absolute Gasteiger partial charge is 0.260 e. The van der Waals surface area contributed by atoms with Crippen LogP contribution in [0.4, 0.5) is 5.82 Å². The van der Waals surface area contributed by atoms with Gasteiger partial charge in [-0.1, -0.05) is 18.2 Å². The number of para-hydroxylation sites is 1. The molecular weight excluding hydrogens is 355 g/mol. The van der Waals surface area contributed by atoms with Crippen LogP contribution in [0.15, 0.2) is 53.3 Å². The Labute approximate surface area is 123 Å². The molecule has 0 aliphatic heterocycles. The first-order valence-electron chi connectivity index (χ1n) is 5.63. The van der Waals surface area contributed by atoms with Crippen LogP contribution in [0.3, 0.4) is 0 Å². The van der Waals surface area contributed by atoms with Gasteiger partial charge in [-0.3, -0.25) is 4.79 Å². The molecule has 94 valence electrons. The number of aromatic nitrogens is 1. The molecule has 0 radical (unpaired) electrons. The van der Waals surface area contributed by atoms with Gasteiger partial charge in [-0.05, 0) is 40.8 Å². The minimum Gasteiger partial charge on any atom is -0.463 e. The molecule has 0 saturated heterocycles. The second kappa shape index (κ2) is 5.00. The number of nitrogens with zero attached hydrogens (tertiary/aromatic N) is 1. The molecular formula is C14H9IN2O2. The average Bonchev–Trinajstić information content (AvgIpc) is 2.85. The van der Waals surface area contributed by atoms with Crippen LogP contribution < -0.4 is 5.32 Å². The van der Waals surface area contributed by atoms with Gasteiger partial charge in [-0.15, -0.1) is 0 Å². The van der Waals surface area contributed by atoms with E-state index in [0.717, 1.165) is 8.96 Å². The number of fused-ring (bicyclic) bond motifs is 1. The number of carbonyl (C=O) groups is 1. The second-order valence-corrected chi connectivity index (χ2v) is 5.21. The summed E-state index contributed by atoms with van der Waals surface area (Å²) in [5.74, 6) is 0.300. The van der Waals surface area contributed by atoms with Gasteiger partial charge in [0.05, 0.1) is 5.56 Å². The van der Waals surface area contributed by atoms with Crippen LogP contribution in [0.1, 0.15) is 10.4 Å². The zero-order valence-electron chi connectivity index (χ0n) is 9.76. The van der Waals surface area contributed by atoms with Gasteiger partial charge < -0.3 is 9.73 Å². The van der Waals surface area contributed by atoms with Crippen molar-refractivity contribution in [3.05, 3.63) is 58.0 Å². The van der Waals surface area contributed by atoms with Crippen molar-refractivity contribution in [1.29, 1.82) is 0 Å². The first-order valence-corrected chi connectivity index (χ1v) is 6.71. The predicted molar refractivity (Wildman–Crippen MR) is 81.1 cm³/mol. The van der Waals surface area contributed by atoms with Gasteiger partial charge in [0.2, 0.25) is 0 Å². The van der Waals surface area contributed by atoms with E-state index in [9.17, 15) is 4.79 Å². The fourth-order valence-electron chi connectivity index (χ4n) is 1.79. The van der Waals surface area contributed by atoms with Crippen molar-refractivity contribution in [2.45, 2.75) is 0 Å². The molecule has 0 atom stereocenters. The van der Waals surface area contributed by atoms with Crippen LogP contribution >= 0.6 is 22.6 Å². The van der Waals surface area contributed by atoms with E-state index in [-0.39, 0.29) is 5.91 Å². The highest BCUT2D eigenvalue weighted by molar-refractivity contribution is 14.1. The van der Waals surface area contributed by atoms with Crippen molar-refractivity contribution < 1.29 is 9.21 Å². The number of amides is 1. The molecule has 3 rings (SSSR count). The molecule has 5 heteroatoms. The number of hydrogen-bond donors (Lipinski definition) is 1. The molecule has 0 aliphatic carbocycles. The van der Waals surface area contributed by atoms with Crippen molar-refractivity contribution >= 4 is 45.3 Å². The quantitative estimate of drug-likeness (QED) is 0.706. The van der Waals surface area contributed by atoms with Gasteiger partial charge in [0, 0.05) is 15.2 Å². The minimum atomic E-state index is -0.223. The summed E-state index contributed by atoms with van der Waals surface area (Å²) >= 11 is 2.16. The fourth-order valence-corrected chi connectivity index (χ4v) is 2.11. The first kappa shape index (κ1) is 12.2. The monoisotopic (exact) mass is 364 g/mol. The number of nitrogens with one attached hydrogen (secondary N) is 1. The number of pyridine rings is 1. The van der Waals surface area contributed by atoms with E-state index in [1.807, 2.05) is 30.3 Å². The number of hydrogen-bond acceptors (Lipinski definition) is 3. The summed E-state index contributed by atoms with van der Waals surface area (Å²) in [7, 11) is 0. The average molecular weight is 364 g/mol. The number of furan rings is 1. The lowest BCUT2D eigenvalue weighted by Crippen LogP contribution is -2.12. The SMILES string of the molecule is O=C(Nc1ccc(I)cn1)c1coc2ccccc12. The van der Waals surface area contributed by atoms with Gasteiger partial charge in [0.25, 0.3) is 5.91 Å². The van der Waals surface area contributed by atoms with E-state index in [1.165, 1.54) is 6.26 Å². The molecule has 19 heavy (non-hydrogen) atoms. The third kappa shape index (κ3) is 2.46. The largest absolute Gasteiger partial charge is 0.463 e. The van der Waals surface area contributed by atoms with Crippen molar-refractivity contribution in [2.75, 3.05) is 5.32 Å². The lowest BCUT2D eigenvalue weighted by atomic mass is 10.1. The third-order valence-corrected chi connectivity index (χ3v) is 3.33. The van der Waals surface area contributed by atoms with Gasteiger partial charge in [0.1, 0.15) is 17.7 Å². The standard InChI is InChI=1S/C14H9IN2O2/c15-9-5-6-13(16-7-9)17-14(18)11-8-19-12-4-2-1-3-10(11)12/h1-8H,(H,16,17,18). The molecule has 3 aromatic rings. The summed E-state index contributed by atoms with van der Waals surface area (Å²) in [6, 6.07) is 11.1. The Morgan fingerprint density at radius 2 is 2.05 bits per heavy atom. The Hall–Kier alpha value is -1.89. The maximum absolute atomic E-state index is 12.2. The van der Waals surface area contributed by atoms with E-state index >= 15 is 0 Å². The summed E-state index contributed by atoms with van der Waals surface area (Å²) in [5.41, 5.74) is 1.21. The second-order valence-electron chi connectivity index (χ2n) is 3.96. The topological polar surface area (TPSA) is 55.1 Å². The molecule has 0 unspecified atom stereocenters. The molecule has 4 nitrogen and oxygen atoms in total. The lowest BCUT2D eigenvalue weighted by Gasteiger charge is -2.02. The Morgan fingerprint density at radius 1 is 1.21 bits per heavy atom. The van der Waals surface area contributed by atoms with Crippen molar-refractivity contribution in [3.63, 3.8) is 0 Å². The first-order chi connectivity index (χ1) is 9.24. The highest BCUT2D eigenvalue weighted by Gasteiger charge is 2.13. The van der Waals surface area contributed by atoms with E-state index in [1.54, 1.807) is 12.3 Å². The normalized spacial score (nSPS) is 10.6. The van der Waals surface area contributed by atoms with Crippen LogP contribution in [-0.4, -0.2) is 10.9 Å². The molecule has 1 aromatic carbocycles. The molecule has 1 amide bonds. The van der Waals surface area contributed by atoms with Crippen molar-refractivity contribution in [3.8, 4) is 0 Å². The van der Waals surface area contributed by atoms with E-state index in [4.69, 9.17) is 4.42 Å². The molecule has 0 bridgehead atoms. The van der Waals surface area contributed by atoms with Gasteiger partial charge in [0.15, 0.2) is 0 Å². The van der Waals surface area contributed by atoms with Gasteiger partial charge >= 0.3 is 0 Å². The van der Waals surface area contributed by atoms with Crippen LogP contribution in [0.2, 0.25) is 0 Å². The minimum absolute atomic E-state index is 0.223. The van der Waals surface area contributed by atoms with Crippen LogP contribution in [0.5, 0.6) is 0 Å². The molecule has 2 heterocycles. The molecule has 2 aromatic heterocycles.